The van der Waals surface area contributed by atoms with Crippen LogP contribution in [0.15, 0.2) is 11.6 Å². The second kappa shape index (κ2) is 4.26. The number of allylic oxidation sites excluding steroid dienone is 2. The Morgan fingerprint density at radius 3 is 2.57 bits per heavy atom. The fourth-order valence-corrected chi connectivity index (χ4v) is 8.43. The van der Waals surface area contributed by atoms with Crippen LogP contribution in [0.3, 0.4) is 0 Å². The molecular formula is C22H34O. The molecule has 4 saturated carbocycles. The third kappa shape index (κ3) is 1.55. The van der Waals surface area contributed by atoms with Gasteiger partial charge >= 0.3 is 0 Å². The van der Waals surface area contributed by atoms with Crippen molar-refractivity contribution in [3.8, 4) is 0 Å². The molecule has 2 saturated heterocycles. The first-order valence-electron chi connectivity index (χ1n) is 10.2. The van der Waals surface area contributed by atoms with Crippen molar-refractivity contribution in [3.05, 3.63) is 11.6 Å². The highest BCUT2D eigenvalue weighted by molar-refractivity contribution is 5.28. The van der Waals surface area contributed by atoms with E-state index in [0.717, 1.165) is 17.8 Å². The van der Waals surface area contributed by atoms with E-state index in [1.807, 2.05) is 0 Å². The van der Waals surface area contributed by atoms with E-state index >= 15 is 0 Å². The van der Waals surface area contributed by atoms with Crippen molar-refractivity contribution in [2.75, 3.05) is 0 Å². The van der Waals surface area contributed by atoms with Crippen LogP contribution in [-0.4, -0.2) is 11.2 Å². The van der Waals surface area contributed by atoms with Gasteiger partial charge in [0.05, 0.1) is 11.2 Å². The number of ether oxygens (including phenoxy) is 1. The highest BCUT2D eigenvalue weighted by Crippen LogP contribution is 2.74. The van der Waals surface area contributed by atoms with Gasteiger partial charge in [-0.25, -0.2) is 0 Å². The molecule has 1 spiro atoms. The topological polar surface area (TPSA) is 9.23 Å². The van der Waals surface area contributed by atoms with Crippen LogP contribution in [0, 0.1) is 28.6 Å². The highest BCUT2D eigenvalue weighted by Gasteiger charge is 2.72. The minimum atomic E-state index is 0.191. The molecule has 2 heterocycles. The predicted octanol–water partition coefficient (Wildman–Crippen LogP) is 5.89. The van der Waals surface area contributed by atoms with Gasteiger partial charge in [0.25, 0.3) is 0 Å². The van der Waals surface area contributed by atoms with E-state index in [-0.39, 0.29) is 11.2 Å². The van der Waals surface area contributed by atoms with E-state index in [2.05, 4.69) is 33.8 Å². The van der Waals surface area contributed by atoms with Crippen LogP contribution in [0.25, 0.3) is 0 Å². The van der Waals surface area contributed by atoms with Gasteiger partial charge in [-0.3, -0.25) is 0 Å². The Bertz CT molecular complexity index is 579. The van der Waals surface area contributed by atoms with Crippen LogP contribution in [-0.2, 0) is 4.74 Å². The summed E-state index contributed by atoms with van der Waals surface area (Å²) in [5, 5.41) is 0. The molecule has 4 bridgehead atoms. The van der Waals surface area contributed by atoms with Crippen molar-refractivity contribution < 1.29 is 4.74 Å². The van der Waals surface area contributed by atoms with Gasteiger partial charge in [0.15, 0.2) is 0 Å². The zero-order valence-electron chi connectivity index (χ0n) is 15.6. The fraction of sp³-hybridized carbons (Fsp3) is 0.909. The normalized spacial score (nSPS) is 62.3. The van der Waals surface area contributed by atoms with Crippen LogP contribution in [0.2, 0.25) is 0 Å². The zero-order chi connectivity index (χ0) is 16.1. The van der Waals surface area contributed by atoms with E-state index in [0.29, 0.717) is 10.8 Å². The number of rotatable bonds is 0. The summed E-state index contributed by atoms with van der Waals surface area (Å²) in [7, 11) is 0. The summed E-state index contributed by atoms with van der Waals surface area (Å²) in [5.74, 6) is 2.63. The minimum Gasteiger partial charge on any atom is -0.368 e. The summed E-state index contributed by atoms with van der Waals surface area (Å²) < 4.78 is 7.14. The first kappa shape index (κ1) is 15.0. The standard InChI is InChI=1S/C22H34O/c1-5-15-6-8-17-18-9-7-16-14-19(2)10-12-21(16,4)22(18,23-19)13-11-20(15,17)3/h5,16-18H,6-14H2,1-4H3/b15-5-/t16?,17?,18?,19-,20+,21-,22+/m0/s1. The first-order chi connectivity index (χ1) is 10.9. The molecule has 0 N–H and O–H groups in total. The molecule has 0 aromatic carbocycles. The summed E-state index contributed by atoms with van der Waals surface area (Å²) in [4.78, 5) is 0. The Kier molecular flexibility index (Phi) is 2.78. The molecule has 2 aliphatic heterocycles. The lowest BCUT2D eigenvalue weighted by Gasteiger charge is -2.73. The van der Waals surface area contributed by atoms with Crippen molar-refractivity contribution in [1.82, 2.24) is 0 Å². The molecule has 1 nitrogen and oxygen atoms in total. The molecule has 1 heteroatoms. The second-order valence-electron chi connectivity index (χ2n) is 10.3. The van der Waals surface area contributed by atoms with Crippen LogP contribution < -0.4 is 0 Å². The molecule has 6 rings (SSSR count). The molecule has 23 heavy (non-hydrogen) atoms. The number of hydrogen-bond donors (Lipinski definition) is 0. The van der Waals surface area contributed by atoms with Gasteiger partial charge < -0.3 is 4.74 Å². The van der Waals surface area contributed by atoms with Gasteiger partial charge in [-0.2, -0.15) is 0 Å². The Labute approximate surface area is 142 Å². The largest absolute Gasteiger partial charge is 0.368 e. The third-order valence-electron chi connectivity index (χ3n) is 9.70. The van der Waals surface area contributed by atoms with Gasteiger partial charge in [-0.1, -0.05) is 25.5 Å². The minimum absolute atomic E-state index is 0.191. The maximum atomic E-state index is 7.14. The van der Waals surface area contributed by atoms with E-state index in [9.17, 15) is 0 Å². The van der Waals surface area contributed by atoms with E-state index in [4.69, 9.17) is 4.74 Å². The average molecular weight is 315 g/mol. The molecule has 3 unspecified atom stereocenters. The van der Waals surface area contributed by atoms with Gasteiger partial charge in [-0.15, -0.1) is 0 Å². The van der Waals surface area contributed by atoms with Crippen molar-refractivity contribution in [2.45, 2.75) is 96.7 Å². The summed E-state index contributed by atoms with van der Waals surface area (Å²) in [6.45, 7) is 9.91. The Morgan fingerprint density at radius 1 is 0.957 bits per heavy atom. The van der Waals surface area contributed by atoms with E-state index in [1.165, 1.54) is 57.8 Å². The Morgan fingerprint density at radius 2 is 1.78 bits per heavy atom. The van der Waals surface area contributed by atoms with Crippen molar-refractivity contribution in [1.29, 1.82) is 0 Å². The fourth-order valence-electron chi connectivity index (χ4n) is 8.43. The average Bonchev–Trinajstić information content (AvgIpc) is 2.84. The lowest BCUT2D eigenvalue weighted by molar-refractivity contribution is -0.358. The molecular weight excluding hydrogens is 280 g/mol. The SMILES string of the molecule is C/C=C1/CCC2C3CCC4C[C@]5(C)CC[C@]4(C)[C@]3(CC[C@]12C)O5. The monoisotopic (exact) mass is 314 g/mol. The van der Waals surface area contributed by atoms with Crippen molar-refractivity contribution in [3.63, 3.8) is 0 Å². The summed E-state index contributed by atoms with van der Waals surface area (Å²) in [6, 6.07) is 0. The Hall–Kier alpha value is -0.300. The number of hydrogen-bond acceptors (Lipinski definition) is 1. The van der Waals surface area contributed by atoms with E-state index in [1.54, 1.807) is 5.57 Å². The summed E-state index contributed by atoms with van der Waals surface area (Å²) in [6.07, 6.45) is 14.9. The molecule has 0 amide bonds. The highest BCUT2D eigenvalue weighted by atomic mass is 16.5. The Balaban J connectivity index is 1.62. The summed E-state index contributed by atoms with van der Waals surface area (Å²) in [5.41, 5.74) is 3.12. The molecule has 7 atom stereocenters. The smallest absolute Gasteiger partial charge is 0.0777 e. The predicted molar refractivity (Wildman–Crippen MR) is 94.2 cm³/mol. The zero-order valence-corrected chi connectivity index (χ0v) is 15.6. The second-order valence-corrected chi connectivity index (χ2v) is 10.3. The third-order valence-corrected chi connectivity index (χ3v) is 9.70. The molecule has 0 radical (unpaired) electrons. The maximum Gasteiger partial charge on any atom is 0.0777 e. The van der Waals surface area contributed by atoms with Gasteiger partial charge in [0, 0.05) is 0 Å². The molecule has 6 fully saturated rings. The lowest BCUT2D eigenvalue weighted by Crippen LogP contribution is -2.73. The quantitative estimate of drug-likeness (QED) is 0.507. The van der Waals surface area contributed by atoms with Crippen LogP contribution in [0.1, 0.15) is 85.5 Å². The maximum absolute atomic E-state index is 7.14. The van der Waals surface area contributed by atoms with Crippen LogP contribution in [0.4, 0.5) is 0 Å². The van der Waals surface area contributed by atoms with Crippen molar-refractivity contribution in [2.24, 2.45) is 28.6 Å². The molecule has 4 aliphatic carbocycles. The van der Waals surface area contributed by atoms with E-state index < -0.39 is 0 Å². The molecule has 0 aromatic heterocycles. The van der Waals surface area contributed by atoms with Crippen molar-refractivity contribution >= 4 is 0 Å². The van der Waals surface area contributed by atoms with Gasteiger partial charge in [0.2, 0.25) is 0 Å². The lowest BCUT2D eigenvalue weighted by atomic mass is 9.40. The molecule has 128 valence electrons. The van der Waals surface area contributed by atoms with Gasteiger partial charge in [-0.05, 0) is 100 Å². The van der Waals surface area contributed by atoms with Gasteiger partial charge in [0.1, 0.15) is 0 Å². The van der Waals surface area contributed by atoms with Crippen LogP contribution in [0.5, 0.6) is 0 Å². The van der Waals surface area contributed by atoms with Crippen LogP contribution >= 0.6 is 0 Å². The summed E-state index contributed by atoms with van der Waals surface area (Å²) >= 11 is 0. The molecule has 0 aromatic rings. The first-order valence-corrected chi connectivity index (χ1v) is 10.2. The number of fused-ring (bicyclic) bond motifs is 3. The molecule has 6 aliphatic rings.